The van der Waals surface area contributed by atoms with E-state index in [-0.39, 0.29) is 10.9 Å². The van der Waals surface area contributed by atoms with E-state index in [4.69, 9.17) is 9.16 Å². The molecule has 0 fully saturated rings. The highest BCUT2D eigenvalue weighted by atomic mass is 28.4. The number of hydrogen-bond acceptors (Lipinski definition) is 4. The molecule has 0 spiro atoms. The van der Waals surface area contributed by atoms with E-state index in [0.717, 1.165) is 5.56 Å². The quantitative estimate of drug-likeness (QED) is 0.630. The summed E-state index contributed by atoms with van der Waals surface area (Å²) in [4.78, 5) is 24.1. The third-order valence-corrected chi connectivity index (χ3v) is 8.94. The molecule has 0 saturated heterocycles. The first kappa shape index (κ1) is 20.4. The van der Waals surface area contributed by atoms with Gasteiger partial charge >= 0.3 is 5.97 Å². The van der Waals surface area contributed by atoms with Crippen molar-refractivity contribution in [1.29, 1.82) is 0 Å². The van der Waals surface area contributed by atoms with Crippen LogP contribution < -0.4 is 5.32 Å². The molecule has 2 atom stereocenters. The van der Waals surface area contributed by atoms with Crippen LogP contribution >= 0.6 is 0 Å². The van der Waals surface area contributed by atoms with Gasteiger partial charge in [-0.2, -0.15) is 0 Å². The van der Waals surface area contributed by atoms with Crippen LogP contribution in [0.2, 0.25) is 18.1 Å². The number of esters is 1. The molecule has 1 aromatic carbocycles. The number of carbonyl (C=O) groups is 2. The van der Waals surface area contributed by atoms with Gasteiger partial charge in [-0.1, -0.05) is 51.1 Å². The van der Waals surface area contributed by atoms with Crippen LogP contribution in [0.3, 0.4) is 0 Å². The van der Waals surface area contributed by atoms with Gasteiger partial charge in [0.2, 0.25) is 5.91 Å². The molecule has 1 rings (SSSR count). The summed E-state index contributed by atoms with van der Waals surface area (Å²) in [7, 11) is -0.912. The molecule has 1 amide bonds. The molecule has 0 heterocycles. The summed E-state index contributed by atoms with van der Waals surface area (Å²) in [6.07, 6.45) is -0.887. The minimum absolute atomic E-state index is 0.0727. The molecule has 0 bridgehead atoms. The molecule has 6 heteroatoms. The molecule has 24 heavy (non-hydrogen) atoms. The Labute approximate surface area is 145 Å². The van der Waals surface area contributed by atoms with E-state index in [2.05, 4.69) is 39.2 Å². The van der Waals surface area contributed by atoms with Crippen molar-refractivity contribution in [3.8, 4) is 0 Å². The van der Waals surface area contributed by atoms with Crippen LogP contribution in [0.5, 0.6) is 0 Å². The second-order valence-corrected chi connectivity index (χ2v) is 12.2. The van der Waals surface area contributed by atoms with Crippen molar-refractivity contribution < 1.29 is 18.8 Å². The Morgan fingerprint density at radius 2 is 1.67 bits per heavy atom. The predicted octanol–water partition coefficient (Wildman–Crippen LogP) is 3.43. The Kier molecular flexibility index (Phi) is 6.74. The topological polar surface area (TPSA) is 64.6 Å². The van der Waals surface area contributed by atoms with Gasteiger partial charge in [0.05, 0.1) is 13.2 Å². The average molecular weight is 352 g/mol. The number of carbonyl (C=O) groups excluding carboxylic acids is 2. The van der Waals surface area contributed by atoms with E-state index in [1.807, 2.05) is 30.3 Å². The summed E-state index contributed by atoms with van der Waals surface area (Å²) >= 11 is 0. The van der Waals surface area contributed by atoms with Gasteiger partial charge in [-0.25, -0.2) is 4.79 Å². The molecule has 0 saturated carbocycles. The summed E-state index contributed by atoms with van der Waals surface area (Å²) in [6.45, 7) is 11.9. The Balaban J connectivity index is 3.28. The van der Waals surface area contributed by atoms with E-state index in [1.54, 1.807) is 0 Å². The van der Waals surface area contributed by atoms with Crippen LogP contribution in [0.25, 0.3) is 0 Å². The van der Waals surface area contributed by atoms with Gasteiger partial charge in [-0.3, -0.25) is 4.79 Å². The van der Waals surface area contributed by atoms with Crippen LogP contribution in [-0.2, 0) is 18.8 Å². The Morgan fingerprint density at radius 3 is 2.08 bits per heavy atom. The molecule has 0 aliphatic rings. The lowest BCUT2D eigenvalue weighted by molar-refractivity contribution is -0.151. The number of hydrogen-bond donors (Lipinski definition) is 1. The van der Waals surface area contributed by atoms with Crippen LogP contribution in [-0.4, -0.2) is 33.4 Å². The predicted molar refractivity (Wildman–Crippen MR) is 97.1 cm³/mol. The normalized spacial score (nSPS) is 14.6. The van der Waals surface area contributed by atoms with Gasteiger partial charge in [-0.05, 0) is 23.7 Å². The Bertz CT molecular complexity index is 566. The summed E-state index contributed by atoms with van der Waals surface area (Å²) in [6, 6.07) is 8.76. The molecular formula is C18H29NO4Si. The van der Waals surface area contributed by atoms with Crippen molar-refractivity contribution in [2.24, 2.45) is 0 Å². The molecule has 0 aliphatic carbocycles. The summed E-state index contributed by atoms with van der Waals surface area (Å²) in [5.41, 5.74) is 0.807. The maximum atomic E-state index is 12.4. The largest absolute Gasteiger partial charge is 0.467 e. The van der Waals surface area contributed by atoms with Crippen molar-refractivity contribution in [1.82, 2.24) is 5.32 Å². The van der Waals surface area contributed by atoms with Gasteiger partial charge in [-0.15, -0.1) is 0 Å². The number of rotatable bonds is 6. The lowest BCUT2D eigenvalue weighted by atomic mass is 10.0. The Hall–Kier alpha value is -1.66. The van der Waals surface area contributed by atoms with Crippen LogP contribution in [0.4, 0.5) is 0 Å². The highest BCUT2D eigenvalue weighted by Gasteiger charge is 2.44. The zero-order valence-electron chi connectivity index (χ0n) is 15.7. The maximum Gasteiger partial charge on any atom is 0.336 e. The van der Waals surface area contributed by atoms with Crippen LogP contribution in [0.15, 0.2) is 30.3 Å². The lowest BCUT2D eigenvalue weighted by Crippen LogP contribution is -2.51. The van der Waals surface area contributed by atoms with E-state index in [1.165, 1.54) is 14.0 Å². The third-order valence-electron chi connectivity index (χ3n) is 4.48. The zero-order valence-corrected chi connectivity index (χ0v) is 16.7. The monoisotopic (exact) mass is 351 g/mol. The van der Waals surface area contributed by atoms with Gasteiger partial charge in [0.15, 0.2) is 14.4 Å². The first-order valence-electron chi connectivity index (χ1n) is 8.07. The van der Waals surface area contributed by atoms with E-state index in [0.29, 0.717) is 0 Å². The van der Waals surface area contributed by atoms with Gasteiger partial charge in [0, 0.05) is 6.92 Å². The second kappa shape index (κ2) is 7.94. The van der Waals surface area contributed by atoms with Gasteiger partial charge in [0.1, 0.15) is 0 Å². The average Bonchev–Trinajstić information content (AvgIpc) is 2.49. The van der Waals surface area contributed by atoms with Gasteiger partial charge < -0.3 is 14.5 Å². The summed E-state index contributed by atoms with van der Waals surface area (Å²) in [5, 5.41) is 2.77. The van der Waals surface area contributed by atoms with Crippen molar-refractivity contribution >= 4 is 20.2 Å². The van der Waals surface area contributed by atoms with Crippen molar-refractivity contribution in [3.63, 3.8) is 0 Å². The van der Waals surface area contributed by atoms with Crippen LogP contribution in [0, 0.1) is 0 Å². The molecule has 0 radical (unpaired) electrons. The van der Waals surface area contributed by atoms with Crippen molar-refractivity contribution in [3.05, 3.63) is 35.9 Å². The molecule has 0 aromatic heterocycles. The fourth-order valence-electron chi connectivity index (χ4n) is 2.08. The lowest BCUT2D eigenvalue weighted by Gasteiger charge is -2.40. The molecular weight excluding hydrogens is 322 g/mol. The molecule has 0 aliphatic heterocycles. The van der Waals surface area contributed by atoms with Crippen molar-refractivity contribution in [2.75, 3.05) is 7.11 Å². The number of benzene rings is 1. The van der Waals surface area contributed by atoms with E-state index >= 15 is 0 Å². The smallest absolute Gasteiger partial charge is 0.336 e. The number of methoxy groups -OCH3 is 1. The fraction of sp³-hybridized carbons (Fsp3) is 0.556. The maximum absolute atomic E-state index is 12.4. The standard InChI is InChI=1S/C18H29NO4Si/c1-13(20)19-15(14-11-9-8-10-12-14)16(17(21)22-5)23-24(6,7)18(2,3)4/h8-12,15-16H,1-7H3,(H,19,20)/t15-,16+/m1/s1. The fourth-order valence-corrected chi connectivity index (χ4v) is 3.30. The zero-order chi connectivity index (χ0) is 18.5. The summed E-state index contributed by atoms with van der Waals surface area (Å²) < 4.78 is 11.3. The molecule has 0 unspecified atom stereocenters. The SMILES string of the molecule is COC(=O)[C@@H](O[Si](C)(C)C(C)(C)C)[C@H](NC(C)=O)c1ccccc1. The molecule has 1 aromatic rings. The van der Waals surface area contributed by atoms with Crippen molar-refractivity contribution in [2.45, 2.75) is 58.0 Å². The second-order valence-electron chi connectivity index (χ2n) is 7.41. The van der Waals surface area contributed by atoms with E-state index < -0.39 is 26.4 Å². The highest BCUT2D eigenvalue weighted by molar-refractivity contribution is 6.74. The molecule has 1 N–H and O–H groups in total. The van der Waals surface area contributed by atoms with Crippen LogP contribution in [0.1, 0.15) is 39.3 Å². The molecule has 5 nitrogen and oxygen atoms in total. The first-order valence-corrected chi connectivity index (χ1v) is 11.0. The number of amides is 1. The third kappa shape index (κ3) is 5.17. The number of nitrogens with one attached hydrogen (secondary N) is 1. The minimum Gasteiger partial charge on any atom is -0.467 e. The highest BCUT2D eigenvalue weighted by Crippen LogP contribution is 2.39. The minimum atomic E-state index is -2.25. The summed E-state index contributed by atoms with van der Waals surface area (Å²) in [5.74, 6) is -0.709. The number of ether oxygens (including phenoxy) is 1. The van der Waals surface area contributed by atoms with E-state index in [9.17, 15) is 9.59 Å². The Morgan fingerprint density at radius 1 is 1.12 bits per heavy atom. The van der Waals surface area contributed by atoms with Gasteiger partial charge in [0.25, 0.3) is 0 Å². The molecule has 134 valence electrons. The first-order chi connectivity index (χ1) is 11.0.